The Balaban J connectivity index is 0.00000149. The summed E-state index contributed by atoms with van der Waals surface area (Å²) in [6, 6.07) is 33.5. The first-order valence-electron chi connectivity index (χ1n) is 40.7. The van der Waals surface area contributed by atoms with Crippen LogP contribution in [0.15, 0.2) is 144 Å². The molecule has 0 atom stereocenters. The zero-order valence-corrected chi connectivity index (χ0v) is 84.5. The first-order valence-corrected chi connectivity index (χ1v) is 44.5. The maximum Gasteiger partial charge on any atom is 1.00 e. The predicted octanol–water partition coefficient (Wildman–Crippen LogP) is 13.1. The molecule has 1 saturated heterocycles. The third-order valence-electron chi connectivity index (χ3n) is 16.6. The van der Waals surface area contributed by atoms with Crippen molar-refractivity contribution < 1.29 is 136 Å². The summed E-state index contributed by atoms with van der Waals surface area (Å²) < 4.78 is 84.3. The Bertz CT molecular complexity index is 4740. The average molecular weight is 2190 g/mol. The molecule has 0 bridgehead atoms. The fourth-order valence-electron chi connectivity index (χ4n) is 10.7. The van der Waals surface area contributed by atoms with Crippen LogP contribution in [0.2, 0.25) is 0 Å². The number of aromatic nitrogens is 6. The van der Waals surface area contributed by atoms with Crippen molar-refractivity contribution in [2.75, 3.05) is 202 Å². The van der Waals surface area contributed by atoms with E-state index in [1.54, 1.807) is 18.7 Å². The van der Waals surface area contributed by atoms with Gasteiger partial charge in [-0.2, -0.15) is 0 Å². The van der Waals surface area contributed by atoms with E-state index in [0.717, 1.165) is 106 Å². The number of alkyl halides is 5. The van der Waals surface area contributed by atoms with E-state index in [2.05, 4.69) is 219 Å². The normalized spacial score (nSPS) is 11.2. The number of phenolic OH excluding ortho intramolecular Hbond substituents is 1. The topological polar surface area (TPSA) is 547 Å². The summed E-state index contributed by atoms with van der Waals surface area (Å²) in [5, 5.41) is 43.3. The Labute approximate surface area is 823 Å². The van der Waals surface area contributed by atoms with E-state index in [1.165, 1.54) is 64.4 Å². The Morgan fingerprint density at radius 3 is 1.26 bits per heavy atom. The first-order chi connectivity index (χ1) is 61.9. The van der Waals surface area contributed by atoms with E-state index >= 15 is 0 Å². The number of aromatic hydroxyl groups is 1. The molecule has 0 aliphatic carbocycles. The van der Waals surface area contributed by atoms with Crippen LogP contribution in [0.25, 0.3) is 80.4 Å². The monoisotopic (exact) mass is 2180 g/mol. The van der Waals surface area contributed by atoms with Gasteiger partial charge < -0.3 is 128 Å². The van der Waals surface area contributed by atoms with Crippen molar-refractivity contribution in [3.8, 4) is 34.5 Å². The van der Waals surface area contributed by atoms with E-state index in [4.69, 9.17) is 102 Å². The molecule has 41 nitrogen and oxygen atoms in total. The summed E-state index contributed by atoms with van der Waals surface area (Å²) >= 11 is 13.0. The molecule has 3 aromatic heterocycles. The standard InChI is InChI=1S/C17H27N5O2.C17H26N5O2.C11H13BrN2O2.C11H13N5O2.C10H13BrN2O4.C6H6N2O3.C4H8Br2O.C4H8O.CH3F.HI.N3.Na/c2*1-13(2)21-12-22(14(3)4)17-11-15(5-6-16(17)21)24-10-9-23-8-7-19-20-18;12-3-4-15-5-6-16-9-1-2-10-11(7-9)14-8-13-10;12-16-15-3-4-17-5-6-18-9-1-2-10-11(7-9)14-8-13-10;11-3-4-16-5-6-17-8-1-2-9(12)10(7-8)13(14)15;7-5-2-1-4(9)3-6(5)8(10)11;5-1-3-7-4-2-6;1-2-4-5-3-1;1-2;;1-3-2;/h5-6,11,13-14H,7-10,12H2,1-4H3;5-6,11-14H,7-10H2,1-4H3;1-2,7-8H,3-6H2,(H,13,14);1-2,7-8H,3-6H2,(H,13,14);1-2,7H,3-6,12H2;1-3,9H,7H2;1-4H2;1-4H2;1H3;1H;;/q;+1;;;;;;;;;-1;+1/p-1/i;;;;;;;;1D;;;. The van der Waals surface area contributed by atoms with E-state index in [1.807, 2.05) is 48.5 Å². The van der Waals surface area contributed by atoms with Crippen molar-refractivity contribution in [1.82, 2.24) is 24.5 Å². The molecule has 2 aliphatic rings. The summed E-state index contributed by atoms with van der Waals surface area (Å²) in [4.78, 5) is 48.2. The number of anilines is 4. The van der Waals surface area contributed by atoms with Crippen LogP contribution < -0.4 is 103 Å². The number of nitrogens with one attached hydrogen (secondary N) is 2. The van der Waals surface area contributed by atoms with Gasteiger partial charge >= 0.3 is 29.6 Å². The number of imidazole rings is 3. The molecule has 0 spiro atoms. The summed E-state index contributed by atoms with van der Waals surface area (Å²) in [6.45, 7) is 30.4. The van der Waals surface area contributed by atoms with Crippen molar-refractivity contribution in [3.05, 3.63) is 196 Å². The van der Waals surface area contributed by atoms with E-state index < -0.39 is 17.0 Å². The second-order valence-electron chi connectivity index (χ2n) is 26.8. The van der Waals surface area contributed by atoms with Gasteiger partial charge in [-0.25, -0.2) is 19.1 Å². The Kier molecular flexibility index (Phi) is 69.3. The fourth-order valence-corrected chi connectivity index (χ4v) is 11.6. The molecule has 6 aromatic carbocycles. The molecule has 9 aromatic rings. The molecule has 0 radical (unpaired) electrons. The van der Waals surface area contributed by atoms with Crippen molar-refractivity contribution in [2.45, 2.75) is 92.4 Å². The third kappa shape index (κ3) is 50.9. The molecule has 7 N–H and O–H groups in total. The number of nitrogens with zero attached hydrogens (tertiary/aromatic N) is 20. The third-order valence-corrected chi connectivity index (χ3v) is 17.9. The Hall–Kier alpha value is -8.93. The number of H-pyrrole nitrogens is 2. The number of nitro benzene ring substituents is 2. The summed E-state index contributed by atoms with van der Waals surface area (Å²) in [6.07, 6.45) is 8.05. The van der Waals surface area contributed by atoms with Gasteiger partial charge in [-0.3, -0.25) is 29.5 Å². The van der Waals surface area contributed by atoms with Gasteiger partial charge in [0.1, 0.15) is 78.9 Å². The molecule has 48 heteroatoms. The molecule has 706 valence electrons. The SMILES string of the molecule is BrCCOCCBr.BrCCOCCOc1ccc2nc[nH]c2c1.C1CCOC1.CC(C)N1CN(C(C)C)c2cc(OCCOCCN=[N+]=[N-])ccc21.CC(C)n1c[n+](C(C)C)c2ccc(OCCOCCN=[N+]=[N-])cc21.Nc1ccc(O)cc1[N+](=O)[O-].Nc1ccc(OCCOCCBr)cc1[N+](=O)[O-].[2H]CF.[I-].[N-]=[N+]=NCCOCCOc1ccc2nc[nH]c2c1.[N-]=[N+]=[N-].[Na+]. The van der Waals surface area contributed by atoms with Gasteiger partial charge in [0.05, 0.1) is 175 Å². The number of halogens is 6. The molecule has 1 fully saturated rings. The maximum absolute atomic E-state index is 10.6. The van der Waals surface area contributed by atoms with Crippen LogP contribution in [-0.2, 0) is 33.2 Å². The van der Waals surface area contributed by atoms with E-state index in [9.17, 15) is 24.6 Å². The quantitative estimate of drug-likeness (QED) is 0.00193. The molecular formula is C81H117Br4FIN24NaO17. The van der Waals surface area contributed by atoms with Gasteiger partial charge in [0.2, 0.25) is 6.33 Å². The maximum atomic E-state index is 10.6. The van der Waals surface area contributed by atoms with Crippen LogP contribution >= 0.6 is 63.7 Å². The molecule has 0 saturated carbocycles. The number of nitrogens with two attached hydrogens (primary N) is 2. The van der Waals surface area contributed by atoms with E-state index in [0.29, 0.717) is 149 Å². The minimum Gasteiger partial charge on any atom is -1.00 e. The Morgan fingerprint density at radius 2 is 0.884 bits per heavy atom. The van der Waals surface area contributed by atoms with Crippen molar-refractivity contribution in [3.63, 3.8) is 0 Å². The van der Waals surface area contributed by atoms with Gasteiger partial charge in [0.15, 0.2) is 11.0 Å². The number of fused-ring (bicyclic) bond motifs is 4. The van der Waals surface area contributed by atoms with Crippen LogP contribution in [0.4, 0.5) is 38.5 Å². The minimum atomic E-state index is -1.00. The zero-order chi connectivity index (χ0) is 94.5. The molecule has 11 rings (SSSR count). The van der Waals surface area contributed by atoms with Gasteiger partial charge in [-0.15, -0.1) is 0 Å². The van der Waals surface area contributed by atoms with Crippen molar-refractivity contribution in [2.24, 2.45) is 15.3 Å². The second kappa shape index (κ2) is 75.7. The van der Waals surface area contributed by atoms with Crippen LogP contribution in [0.1, 0.15) is 81.7 Å². The van der Waals surface area contributed by atoms with E-state index in [-0.39, 0.29) is 82.0 Å². The number of nitrogen functional groups attached to an aromatic ring is 2. The van der Waals surface area contributed by atoms with Gasteiger partial charge in [0, 0.05) is 105 Å². The fraction of sp³-hybridized carbons (Fsp3) is 0.519. The number of ether oxygens (including phenoxy) is 12. The molecule has 0 amide bonds. The minimum absolute atomic E-state index is 0. The number of rotatable bonds is 43. The number of aromatic amines is 2. The summed E-state index contributed by atoms with van der Waals surface area (Å²) in [7, 11) is -1.00. The molecule has 129 heavy (non-hydrogen) atoms. The van der Waals surface area contributed by atoms with Gasteiger partial charge in [-0.05, 0) is 158 Å². The predicted molar refractivity (Wildman–Crippen MR) is 505 cm³/mol. The van der Waals surface area contributed by atoms with Crippen LogP contribution in [-0.4, -0.2) is 232 Å². The van der Waals surface area contributed by atoms with Crippen molar-refractivity contribution in [1.29, 1.82) is 0 Å². The molecular weight excluding hydrogens is 2070 g/mol. The number of benzene rings is 6. The number of phenols is 1. The van der Waals surface area contributed by atoms with Crippen LogP contribution in [0.5, 0.6) is 34.5 Å². The largest absolute Gasteiger partial charge is 1.00 e. The molecule has 0 unspecified atom stereocenters. The molecule has 5 heterocycles. The van der Waals surface area contributed by atoms with Crippen LogP contribution in [0, 0.1) is 20.2 Å². The summed E-state index contributed by atoms with van der Waals surface area (Å²) in [5.41, 5.74) is 57.0. The zero-order valence-electron chi connectivity index (χ0n) is 75.0. The number of azide groups is 3. The second-order valence-corrected chi connectivity index (χ2v) is 29.9. The van der Waals surface area contributed by atoms with Crippen molar-refractivity contribution >= 4 is 131 Å². The smallest absolute Gasteiger partial charge is 1.00 e. The van der Waals surface area contributed by atoms with Gasteiger partial charge in [-0.1, -0.05) is 79.1 Å². The summed E-state index contributed by atoms with van der Waals surface area (Å²) in [5.74, 6) is 3.53. The first kappa shape index (κ1) is 118. The van der Waals surface area contributed by atoms with Gasteiger partial charge in [0.25, 0.3) is 11.4 Å². The van der Waals surface area contributed by atoms with Crippen LogP contribution in [0.3, 0.4) is 0 Å². The molecule has 2 aliphatic heterocycles. The number of hydrogen-bond donors (Lipinski definition) is 5. The number of hydrogen-bond acceptors (Lipinski definition) is 26. The average Bonchev–Trinajstić information content (AvgIpc) is 1.64. The number of nitro groups is 2. The Morgan fingerprint density at radius 1 is 0.527 bits per heavy atom.